The van der Waals surface area contributed by atoms with Crippen LogP contribution >= 0.6 is 0 Å². The van der Waals surface area contributed by atoms with Crippen LogP contribution in [0.2, 0.25) is 0 Å². The van der Waals surface area contributed by atoms with E-state index in [1.807, 2.05) is 0 Å². The molecule has 1 saturated carbocycles. The molecule has 2 aromatic rings. The smallest absolute Gasteiger partial charge is 0.228 e. The third-order valence-corrected chi connectivity index (χ3v) is 5.18. The highest BCUT2D eigenvalue weighted by Crippen LogP contribution is 2.27. The Morgan fingerprint density at radius 3 is 2.81 bits per heavy atom. The van der Waals surface area contributed by atoms with Gasteiger partial charge in [-0.3, -0.25) is 9.88 Å². The lowest BCUT2D eigenvalue weighted by atomic mass is 9.89. The van der Waals surface area contributed by atoms with E-state index in [9.17, 15) is 0 Å². The first-order chi connectivity index (χ1) is 12.9. The van der Waals surface area contributed by atoms with Crippen LogP contribution in [0.1, 0.15) is 43.9 Å². The number of aromatic nitrogens is 4. The van der Waals surface area contributed by atoms with Crippen molar-refractivity contribution in [1.29, 1.82) is 0 Å². The fourth-order valence-electron chi connectivity index (χ4n) is 3.86. The Morgan fingerprint density at radius 1 is 1.12 bits per heavy atom. The van der Waals surface area contributed by atoms with E-state index < -0.39 is 0 Å². The maximum atomic E-state index is 5.99. The molecule has 1 N–H and O–H groups in total. The van der Waals surface area contributed by atoms with Crippen molar-refractivity contribution in [3.63, 3.8) is 0 Å². The summed E-state index contributed by atoms with van der Waals surface area (Å²) < 4.78 is 5.99. The van der Waals surface area contributed by atoms with Crippen molar-refractivity contribution in [2.75, 3.05) is 31.6 Å². The summed E-state index contributed by atoms with van der Waals surface area (Å²) >= 11 is 0. The summed E-state index contributed by atoms with van der Waals surface area (Å²) in [5.41, 5.74) is 0.860. The number of hydrogen-bond donors (Lipinski definition) is 1. The summed E-state index contributed by atoms with van der Waals surface area (Å²) in [5, 5.41) is 3.10. The third-order valence-electron chi connectivity index (χ3n) is 5.18. The van der Waals surface area contributed by atoms with E-state index in [0.29, 0.717) is 11.8 Å². The molecular weight excluding hydrogens is 328 g/mol. The molecule has 0 amide bonds. The zero-order chi connectivity index (χ0) is 17.6. The van der Waals surface area contributed by atoms with Crippen LogP contribution < -0.4 is 5.32 Å². The molecule has 1 aliphatic heterocycles. The fourth-order valence-corrected chi connectivity index (χ4v) is 3.86. The Morgan fingerprint density at radius 2 is 1.96 bits per heavy atom. The van der Waals surface area contributed by atoms with Gasteiger partial charge in [0, 0.05) is 32.0 Å². The molecule has 0 spiro atoms. The van der Waals surface area contributed by atoms with E-state index in [-0.39, 0.29) is 6.10 Å². The Bertz CT molecular complexity index is 691. The molecule has 0 unspecified atom stereocenters. The lowest BCUT2D eigenvalue weighted by molar-refractivity contribution is -0.0380. The predicted octanol–water partition coefficient (Wildman–Crippen LogP) is 2.96. The van der Waals surface area contributed by atoms with E-state index in [4.69, 9.17) is 4.74 Å². The predicted molar refractivity (Wildman–Crippen MR) is 99.1 cm³/mol. The molecule has 138 valence electrons. The standard InChI is InChI=1S/C19H26N6O/c1-2-5-15(6-3-1)13-25-9-10-26-17(14-25)16-11-20-12-18(23-16)24-19-21-7-4-8-22-19/h4,7-8,11-12,15,17H,1-3,5-6,9-10,13-14H2,(H,21,22,23,24)/t17-/m1/s1. The minimum atomic E-state index is -0.0294. The van der Waals surface area contributed by atoms with Crippen molar-refractivity contribution >= 4 is 11.8 Å². The van der Waals surface area contributed by atoms with Crippen molar-refractivity contribution in [2.24, 2.45) is 5.92 Å². The van der Waals surface area contributed by atoms with E-state index in [2.05, 4.69) is 30.2 Å². The summed E-state index contributed by atoms with van der Waals surface area (Å²) in [6.07, 6.45) is 13.8. The Hall–Kier alpha value is -2.12. The van der Waals surface area contributed by atoms with Gasteiger partial charge >= 0.3 is 0 Å². The molecule has 4 rings (SSSR count). The summed E-state index contributed by atoms with van der Waals surface area (Å²) in [4.78, 5) is 19.8. The minimum absolute atomic E-state index is 0.0294. The number of morpholine rings is 1. The average Bonchev–Trinajstić information content (AvgIpc) is 2.70. The first kappa shape index (κ1) is 17.3. The van der Waals surface area contributed by atoms with Crippen LogP contribution in [0.25, 0.3) is 0 Å². The normalized spacial score (nSPS) is 22.2. The van der Waals surface area contributed by atoms with Gasteiger partial charge in [0.1, 0.15) is 6.10 Å². The molecule has 7 heteroatoms. The molecule has 1 saturated heterocycles. The van der Waals surface area contributed by atoms with Gasteiger partial charge in [-0.15, -0.1) is 0 Å². The van der Waals surface area contributed by atoms with Gasteiger partial charge in [-0.1, -0.05) is 19.3 Å². The highest BCUT2D eigenvalue weighted by molar-refractivity contribution is 5.45. The van der Waals surface area contributed by atoms with Crippen LogP contribution in [0.15, 0.2) is 30.9 Å². The SMILES string of the molecule is c1cnc(Nc2cncc([C@H]3CN(CC4CCCCC4)CCO3)n2)nc1. The van der Waals surface area contributed by atoms with E-state index in [1.54, 1.807) is 30.9 Å². The lowest BCUT2D eigenvalue weighted by Crippen LogP contribution is -2.41. The van der Waals surface area contributed by atoms with Crippen molar-refractivity contribution in [2.45, 2.75) is 38.2 Å². The van der Waals surface area contributed by atoms with Crippen LogP contribution in [-0.2, 0) is 4.74 Å². The quantitative estimate of drug-likeness (QED) is 0.884. The highest BCUT2D eigenvalue weighted by atomic mass is 16.5. The van der Waals surface area contributed by atoms with Crippen LogP contribution in [0, 0.1) is 5.92 Å². The lowest BCUT2D eigenvalue weighted by Gasteiger charge is -2.35. The second-order valence-corrected chi connectivity index (χ2v) is 7.15. The van der Waals surface area contributed by atoms with E-state index in [1.165, 1.54) is 38.6 Å². The molecule has 26 heavy (non-hydrogen) atoms. The molecule has 1 aliphatic carbocycles. The monoisotopic (exact) mass is 354 g/mol. The number of rotatable bonds is 5. The molecule has 0 radical (unpaired) electrons. The fraction of sp³-hybridized carbons (Fsp3) is 0.579. The molecular formula is C19H26N6O. The third kappa shape index (κ3) is 4.53. The molecule has 2 aromatic heterocycles. The van der Waals surface area contributed by atoms with Crippen LogP contribution in [0.4, 0.5) is 11.8 Å². The molecule has 7 nitrogen and oxygen atoms in total. The van der Waals surface area contributed by atoms with E-state index in [0.717, 1.165) is 31.3 Å². The molecule has 3 heterocycles. The number of ether oxygens (including phenoxy) is 1. The molecule has 0 aromatic carbocycles. The van der Waals surface area contributed by atoms with Gasteiger partial charge in [0.05, 0.1) is 24.7 Å². The molecule has 2 fully saturated rings. The minimum Gasteiger partial charge on any atom is -0.369 e. The largest absolute Gasteiger partial charge is 0.369 e. The molecule has 2 aliphatic rings. The number of nitrogens with one attached hydrogen (secondary N) is 1. The number of nitrogens with zero attached hydrogens (tertiary/aromatic N) is 5. The second-order valence-electron chi connectivity index (χ2n) is 7.15. The first-order valence-electron chi connectivity index (χ1n) is 9.57. The Labute approximate surface area is 154 Å². The summed E-state index contributed by atoms with van der Waals surface area (Å²) in [6, 6.07) is 1.78. The maximum absolute atomic E-state index is 5.99. The number of hydrogen-bond acceptors (Lipinski definition) is 7. The van der Waals surface area contributed by atoms with Gasteiger partial charge in [-0.2, -0.15) is 0 Å². The van der Waals surface area contributed by atoms with Crippen molar-refractivity contribution in [3.8, 4) is 0 Å². The summed E-state index contributed by atoms with van der Waals surface area (Å²) in [5.74, 6) is 2.00. The maximum Gasteiger partial charge on any atom is 0.228 e. The second kappa shape index (κ2) is 8.51. The van der Waals surface area contributed by atoms with Gasteiger partial charge in [-0.05, 0) is 24.8 Å². The molecule has 0 bridgehead atoms. The highest BCUT2D eigenvalue weighted by Gasteiger charge is 2.26. The van der Waals surface area contributed by atoms with Crippen LogP contribution in [0.5, 0.6) is 0 Å². The molecule has 1 atom stereocenters. The van der Waals surface area contributed by atoms with Crippen LogP contribution in [0.3, 0.4) is 0 Å². The Balaban J connectivity index is 1.39. The van der Waals surface area contributed by atoms with Crippen molar-refractivity contribution < 1.29 is 4.74 Å². The summed E-state index contributed by atoms with van der Waals surface area (Å²) in [6.45, 7) is 3.83. The van der Waals surface area contributed by atoms with Gasteiger partial charge in [0.25, 0.3) is 0 Å². The zero-order valence-corrected chi connectivity index (χ0v) is 15.0. The van der Waals surface area contributed by atoms with Crippen molar-refractivity contribution in [1.82, 2.24) is 24.8 Å². The van der Waals surface area contributed by atoms with Crippen molar-refractivity contribution in [3.05, 3.63) is 36.5 Å². The first-order valence-corrected chi connectivity index (χ1v) is 9.57. The number of anilines is 2. The van der Waals surface area contributed by atoms with Crippen LogP contribution in [-0.4, -0.2) is 51.1 Å². The van der Waals surface area contributed by atoms with E-state index >= 15 is 0 Å². The Kier molecular flexibility index (Phi) is 5.66. The summed E-state index contributed by atoms with van der Waals surface area (Å²) in [7, 11) is 0. The average molecular weight is 354 g/mol. The van der Waals surface area contributed by atoms with Gasteiger partial charge in [0.2, 0.25) is 5.95 Å². The topological polar surface area (TPSA) is 76.1 Å². The zero-order valence-electron chi connectivity index (χ0n) is 15.0. The van der Waals surface area contributed by atoms with Gasteiger partial charge < -0.3 is 10.1 Å². The van der Waals surface area contributed by atoms with Gasteiger partial charge in [-0.25, -0.2) is 15.0 Å². The van der Waals surface area contributed by atoms with Gasteiger partial charge in [0.15, 0.2) is 5.82 Å².